The molecule has 34 heavy (non-hydrogen) atoms. The Balaban J connectivity index is 1.35. The Bertz CT molecular complexity index is 1300. The number of hydrogen-bond donors (Lipinski definition) is 1. The van der Waals surface area contributed by atoms with Gasteiger partial charge in [-0.25, -0.2) is 9.37 Å². The predicted molar refractivity (Wildman–Crippen MR) is 133 cm³/mol. The number of amides is 1. The van der Waals surface area contributed by atoms with Crippen LogP contribution in [0.3, 0.4) is 0 Å². The average molecular weight is 516 g/mol. The monoisotopic (exact) mass is 515 g/mol. The molecule has 0 radical (unpaired) electrons. The third-order valence-electron chi connectivity index (χ3n) is 4.52. The number of benzene rings is 2. The Kier molecular flexibility index (Phi) is 7.94. The molecule has 0 aliphatic rings. The van der Waals surface area contributed by atoms with Crippen molar-refractivity contribution in [1.29, 1.82) is 0 Å². The summed E-state index contributed by atoms with van der Waals surface area (Å²) in [5.74, 6) is 0.354. The number of rotatable bonds is 10. The second-order valence-corrected chi connectivity index (χ2v) is 9.11. The van der Waals surface area contributed by atoms with Gasteiger partial charge in [0.15, 0.2) is 16.1 Å². The van der Waals surface area contributed by atoms with E-state index in [-0.39, 0.29) is 23.3 Å². The van der Waals surface area contributed by atoms with E-state index in [1.807, 2.05) is 35.7 Å². The standard InChI is InChI=1S/C23H19ClFN5O2S2/c1-2-10-30-20(12-32-16-8-9-18(25)17(24)11-16)28-29-23(30)34-14-21(31)27-22-26-19(13-33-22)15-6-4-3-5-7-15/h2-9,11,13H,1,10,12,14H2,(H,26,27,31). The Morgan fingerprint density at radius 1 is 1.26 bits per heavy atom. The maximum absolute atomic E-state index is 13.3. The molecule has 2 aromatic heterocycles. The molecule has 0 aliphatic heterocycles. The van der Waals surface area contributed by atoms with Crippen LogP contribution in [0.25, 0.3) is 11.3 Å². The first-order valence-electron chi connectivity index (χ1n) is 10.1. The molecule has 174 valence electrons. The fourth-order valence-electron chi connectivity index (χ4n) is 2.92. The van der Waals surface area contributed by atoms with Crippen molar-refractivity contribution in [1.82, 2.24) is 19.7 Å². The van der Waals surface area contributed by atoms with E-state index in [1.54, 1.807) is 10.6 Å². The van der Waals surface area contributed by atoms with Crippen LogP contribution in [0.5, 0.6) is 5.75 Å². The van der Waals surface area contributed by atoms with Gasteiger partial charge < -0.3 is 10.1 Å². The topological polar surface area (TPSA) is 81.9 Å². The first kappa shape index (κ1) is 23.9. The summed E-state index contributed by atoms with van der Waals surface area (Å²) in [5, 5.41) is 14.1. The number of nitrogens with one attached hydrogen (secondary N) is 1. The number of thiazole rings is 1. The third kappa shape index (κ3) is 6.02. The lowest BCUT2D eigenvalue weighted by Gasteiger charge is -2.09. The number of nitrogens with zero attached hydrogens (tertiary/aromatic N) is 4. The molecule has 0 spiro atoms. The Labute approximate surface area is 208 Å². The van der Waals surface area contributed by atoms with Gasteiger partial charge in [-0.05, 0) is 12.1 Å². The van der Waals surface area contributed by atoms with E-state index in [0.717, 1.165) is 11.3 Å². The van der Waals surface area contributed by atoms with Gasteiger partial charge in [-0.3, -0.25) is 9.36 Å². The zero-order valence-corrected chi connectivity index (χ0v) is 20.2. The van der Waals surface area contributed by atoms with Gasteiger partial charge in [-0.1, -0.05) is 59.8 Å². The van der Waals surface area contributed by atoms with Gasteiger partial charge in [0.1, 0.15) is 18.2 Å². The van der Waals surface area contributed by atoms with Crippen LogP contribution in [0.2, 0.25) is 5.02 Å². The summed E-state index contributed by atoms with van der Waals surface area (Å²) in [5.41, 5.74) is 1.80. The van der Waals surface area contributed by atoms with Crippen LogP contribution in [0.15, 0.2) is 71.7 Å². The van der Waals surface area contributed by atoms with Crippen molar-refractivity contribution in [2.24, 2.45) is 0 Å². The number of allylic oxidation sites excluding steroid dienone is 1. The molecule has 2 aromatic carbocycles. The van der Waals surface area contributed by atoms with Crippen LogP contribution < -0.4 is 10.1 Å². The van der Waals surface area contributed by atoms with Gasteiger partial charge >= 0.3 is 0 Å². The first-order chi connectivity index (χ1) is 16.5. The quantitative estimate of drug-likeness (QED) is 0.216. The van der Waals surface area contributed by atoms with Gasteiger partial charge in [0.25, 0.3) is 0 Å². The minimum absolute atomic E-state index is 0.0246. The highest BCUT2D eigenvalue weighted by Gasteiger charge is 2.15. The second-order valence-electron chi connectivity index (χ2n) is 6.90. The molecule has 11 heteroatoms. The zero-order chi connectivity index (χ0) is 23.9. The zero-order valence-electron chi connectivity index (χ0n) is 17.8. The lowest BCUT2D eigenvalue weighted by Crippen LogP contribution is -2.15. The van der Waals surface area contributed by atoms with E-state index in [1.165, 1.54) is 41.3 Å². The van der Waals surface area contributed by atoms with E-state index >= 15 is 0 Å². The van der Waals surface area contributed by atoms with Crippen LogP contribution in [-0.4, -0.2) is 31.4 Å². The molecule has 0 atom stereocenters. The van der Waals surface area contributed by atoms with Gasteiger partial charge in [0, 0.05) is 23.6 Å². The van der Waals surface area contributed by atoms with Crippen LogP contribution in [0, 0.1) is 5.82 Å². The molecule has 0 fully saturated rings. The molecular weight excluding hydrogens is 497 g/mol. The molecule has 0 saturated carbocycles. The van der Waals surface area contributed by atoms with E-state index in [0.29, 0.717) is 28.4 Å². The van der Waals surface area contributed by atoms with E-state index in [9.17, 15) is 9.18 Å². The Hall–Kier alpha value is -3.21. The third-order valence-corrected chi connectivity index (χ3v) is 6.53. The van der Waals surface area contributed by atoms with Crippen molar-refractivity contribution in [3.63, 3.8) is 0 Å². The fourth-order valence-corrected chi connectivity index (χ4v) is 4.59. The highest BCUT2D eigenvalue weighted by molar-refractivity contribution is 7.99. The van der Waals surface area contributed by atoms with Crippen molar-refractivity contribution in [2.75, 3.05) is 11.1 Å². The number of carbonyl (C=O) groups is 1. The molecule has 1 amide bonds. The first-order valence-corrected chi connectivity index (χ1v) is 12.3. The molecule has 7 nitrogen and oxygen atoms in total. The van der Waals surface area contributed by atoms with Crippen molar-refractivity contribution in [2.45, 2.75) is 18.3 Å². The molecule has 0 bridgehead atoms. The molecule has 0 aliphatic carbocycles. The maximum atomic E-state index is 13.3. The summed E-state index contributed by atoms with van der Waals surface area (Å²) in [6, 6.07) is 13.9. The number of ether oxygens (including phenoxy) is 1. The average Bonchev–Trinajstić information content (AvgIpc) is 3.46. The molecule has 2 heterocycles. The molecule has 0 saturated heterocycles. The largest absolute Gasteiger partial charge is 0.486 e. The normalized spacial score (nSPS) is 10.8. The second kappa shape index (κ2) is 11.3. The highest BCUT2D eigenvalue weighted by Crippen LogP contribution is 2.26. The summed E-state index contributed by atoms with van der Waals surface area (Å²) >= 11 is 8.41. The number of carbonyl (C=O) groups excluding carboxylic acids is 1. The lowest BCUT2D eigenvalue weighted by molar-refractivity contribution is -0.113. The Morgan fingerprint density at radius 2 is 2.09 bits per heavy atom. The van der Waals surface area contributed by atoms with E-state index in [2.05, 4.69) is 27.1 Å². The number of anilines is 1. The van der Waals surface area contributed by atoms with E-state index in [4.69, 9.17) is 16.3 Å². The number of halogens is 2. The molecule has 0 unspecified atom stereocenters. The molecule has 4 aromatic rings. The SMILES string of the molecule is C=CCn1c(COc2ccc(F)c(Cl)c2)nnc1SCC(=O)Nc1nc(-c2ccccc2)cs1. The summed E-state index contributed by atoms with van der Waals surface area (Å²) in [7, 11) is 0. The maximum Gasteiger partial charge on any atom is 0.236 e. The molecule has 4 rings (SSSR count). The smallest absolute Gasteiger partial charge is 0.236 e. The Morgan fingerprint density at radius 3 is 2.85 bits per heavy atom. The van der Waals surface area contributed by atoms with Crippen LogP contribution in [0.4, 0.5) is 9.52 Å². The van der Waals surface area contributed by atoms with Crippen molar-refractivity contribution in [3.8, 4) is 17.0 Å². The highest BCUT2D eigenvalue weighted by atomic mass is 35.5. The molecule has 1 N–H and O–H groups in total. The fraction of sp³-hybridized carbons (Fsp3) is 0.130. The van der Waals surface area contributed by atoms with E-state index < -0.39 is 5.82 Å². The van der Waals surface area contributed by atoms with Crippen molar-refractivity contribution >= 4 is 45.7 Å². The van der Waals surface area contributed by atoms with Gasteiger partial charge in [-0.2, -0.15) is 0 Å². The van der Waals surface area contributed by atoms with Gasteiger partial charge in [0.2, 0.25) is 5.91 Å². The lowest BCUT2D eigenvalue weighted by atomic mass is 10.2. The number of aromatic nitrogens is 4. The van der Waals surface area contributed by atoms with Crippen LogP contribution in [0.1, 0.15) is 5.82 Å². The minimum Gasteiger partial charge on any atom is -0.486 e. The summed E-state index contributed by atoms with van der Waals surface area (Å²) in [6.07, 6.45) is 1.70. The van der Waals surface area contributed by atoms with Crippen molar-refractivity contribution < 1.29 is 13.9 Å². The van der Waals surface area contributed by atoms with Gasteiger partial charge in [0.05, 0.1) is 16.5 Å². The summed E-state index contributed by atoms with van der Waals surface area (Å²) in [4.78, 5) is 16.9. The van der Waals surface area contributed by atoms with Crippen LogP contribution >= 0.6 is 34.7 Å². The predicted octanol–water partition coefficient (Wildman–Crippen LogP) is 5.69. The van der Waals surface area contributed by atoms with Gasteiger partial charge in [-0.15, -0.1) is 28.1 Å². The summed E-state index contributed by atoms with van der Waals surface area (Å²) < 4.78 is 20.8. The van der Waals surface area contributed by atoms with Crippen LogP contribution in [-0.2, 0) is 17.9 Å². The number of thioether (sulfide) groups is 1. The summed E-state index contributed by atoms with van der Waals surface area (Å²) in [6.45, 7) is 4.30. The number of hydrogen-bond acceptors (Lipinski definition) is 7. The minimum atomic E-state index is -0.519. The van der Waals surface area contributed by atoms with Crippen molar-refractivity contribution in [3.05, 3.63) is 83.2 Å². The molecular formula is C23H19ClFN5O2S2.